The molecule has 0 bridgehead atoms. The van der Waals surface area contributed by atoms with Gasteiger partial charge in [0.15, 0.2) is 0 Å². The Morgan fingerprint density at radius 2 is 1.90 bits per heavy atom. The number of benzene rings is 1. The summed E-state index contributed by atoms with van der Waals surface area (Å²) in [7, 11) is 0. The van der Waals surface area contributed by atoms with E-state index in [2.05, 4.69) is 28.7 Å². The summed E-state index contributed by atoms with van der Waals surface area (Å²) in [5, 5.41) is 9.27. The van der Waals surface area contributed by atoms with E-state index in [4.69, 9.17) is 0 Å². The fraction of sp³-hybridized carbons (Fsp3) is 0.250. The van der Waals surface area contributed by atoms with Gasteiger partial charge in [0, 0.05) is 0 Å². The third kappa shape index (κ3) is 1.42. The Kier molecular flexibility index (Phi) is 2.18. The summed E-state index contributed by atoms with van der Waals surface area (Å²) in [6, 6.07) is 3.83. The van der Waals surface area contributed by atoms with Crippen molar-refractivity contribution in [1.29, 1.82) is 0 Å². The maximum Gasteiger partial charge on any atom is 0.129 e. The van der Waals surface area contributed by atoms with Crippen LogP contribution in [0.25, 0.3) is 0 Å². The van der Waals surface area contributed by atoms with E-state index in [0.29, 0.717) is 5.75 Å². The third-order valence-electron chi connectivity index (χ3n) is 1.38. The van der Waals surface area contributed by atoms with Gasteiger partial charge in [-0.25, -0.2) is 0 Å². The summed E-state index contributed by atoms with van der Waals surface area (Å²) in [4.78, 5) is 0. The Bertz CT molecular complexity index is 232. The lowest BCUT2D eigenvalue weighted by Crippen LogP contribution is -1.82. The van der Waals surface area contributed by atoms with Crippen molar-refractivity contribution < 1.29 is 5.11 Å². The van der Waals surface area contributed by atoms with E-state index in [-0.39, 0.29) is 0 Å². The van der Waals surface area contributed by atoms with Crippen LogP contribution in [0.2, 0.25) is 0 Å². The second kappa shape index (κ2) is 2.78. The van der Waals surface area contributed by atoms with Gasteiger partial charge in [-0.15, -0.1) is 0 Å². The molecule has 0 spiro atoms. The van der Waals surface area contributed by atoms with Gasteiger partial charge >= 0.3 is 0 Å². The Morgan fingerprint density at radius 1 is 1.30 bits per heavy atom. The zero-order valence-electron chi connectivity index (χ0n) is 5.98. The molecule has 0 fully saturated rings. The Morgan fingerprint density at radius 3 is 2.40 bits per heavy atom. The van der Waals surface area contributed by atoms with Crippen LogP contribution in [-0.2, 0) is 0 Å². The predicted octanol–water partition coefficient (Wildman–Crippen LogP) is 2.61. The van der Waals surface area contributed by atoms with Gasteiger partial charge in [-0.3, -0.25) is 0 Å². The zero-order chi connectivity index (χ0) is 7.72. The minimum Gasteiger partial charge on any atom is -0.507 e. The molecule has 0 amide bonds. The molecule has 54 valence electrons. The lowest BCUT2D eigenvalue weighted by molar-refractivity contribution is 0.470. The number of hydrogen-bond acceptors (Lipinski definition) is 1. The van der Waals surface area contributed by atoms with Crippen LogP contribution in [0.3, 0.4) is 0 Å². The number of rotatable bonds is 0. The number of hydrogen-bond donors (Lipinski definition) is 1. The van der Waals surface area contributed by atoms with Crippen LogP contribution < -0.4 is 0 Å². The summed E-state index contributed by atoms with van der Waals surface area (Å²) < 4.78 is 0.947. The molecule has 0 atom stereocenters. The Labute approximate surface area is 74.2 Å². The molecule has 0 unspecified atom stereocenters. The molecule has 0 saturated carbocycles. The topological polar surface area (TPSA) is 20.2 Å². The van der Waals surface area contributed by atoms with Crippen LogP contribution in [0, 0.1) is 17.4 Å². The van der Waals surface area contributed by atoms with E-state index in [0.717, 1.165) is 14.7 Å². The van der Waals surface area contributed by atoms with Crippen molar-refractivity contribution in [2.45, 2.75) is 13.8 Å². The van der Waals surface area contributed by atoms with Crippen LogP contribution in [0.4, 0.5) is 0 Å². The van der Waals surface area contributed by atoms with E-state index in [1.165, 1.54) is 0 Å². The first kappa shape index (κ1) is 7.85. The number of halogens is 1. The van der Waals surface area contributed by atoms with Gasteiger partial charge in [-0.2, -0.15) is 0 Å². The molecule has 2 heteroatoms. The summed E-state index contributed by atoms with van der Waals surface area (Å²) in [5.74, 6) is 0.387. The van der Waals surface area contributed by atoms with Gasteiger partial charge in [0.25, 0.3) is 0 Å². The standard InChI is InChI=1S/C8H9IO/c1-5-3-6(2)8(9)7(10)4-5/h3-4,10H,1-2H3. The van der Waals surface area contributed by atoms with E-state index in [9.17, 15) is 5.11 Å². The fourth-order valence-corrected chi connectivity index (χ4v) is 1.24. The van der Waals surface area contributed by atoms with Crippen molar-refractivity contribution in [1.82, 2.24) is 0 Å². The van der Waals surface area contributed by atoms with Crippen molar-refractivity contribution in [2.24, 2.45) is 0 Å². The predicted molar refractivity (Wildman–Crippen MR) is 50.3 cm³/mol. The quantitative estimate of drug-likeness (QED) is 0.699. The van der Waals surface area contributed by atoms with Crippen LogP contribution in [0.5, 0.6) is 5.75 Å². The molecule has 0 aliphatic rings. The molecule has 10 heavy (non-hydrogen) atoms. The highest BCUT2D eigenvalue weighted by Gasteiger charge is 2.00. The summed E-state index contributed by atoms with van der Waals surface area (Å²) >= 11 is 2.14. The van der Waals surface area contributed by atoms with Crippen LogP contribution in [-0.4, -0.2) is 5.11 Å². The first-order chi connectivity index (χ1) is 4.61. The summed E-state index contributed by atoms with van der Waals surface area (Å²) in [6.45, 7) is 3.97. The van der Waals surface area contributed by atoms with Crippen LogP contribution >= 0.6 is 22.6 Å². The molecule has 0 radical (unpaired) electrons. The number of phenols is 1. The molecule has 1 nitrogen and oxygen atoms in total. The zero-order valence-corrected chi connectivity index (χ0v) is 8.14. The maximum absolute atomic E-state index is 9.27. The second-order valence-corrected chi connectivity index (χ2v) is 3.49. The van der Waals surface area contributed by atoms with Gasteiger partial charge in [0.05, 0.1) is 3.57 Å². The SMILES string of the molecule is Cc1cc(C)c(I)c(O)c1. The summed E-state index contributed by atoms with van der Waals surface area (Å²) in [6.07, 6.45) is 0. The van der Waals surface area contributed by atoms with Crippen molar-refractivity contribution in [3.05, 3.63) is 26.8 Å². The molecule has 1 N–H and O–H groups in total. The van der Waals surface area contributed by atoms with Crippen molar-refractivity contribution in [3.8, 4) is 5.75 Å². The normalized spacial score (nSPS) is 9.90. The summed E-state index contributed by atoms with van der Waals surface area (Å²) in [5.41, 5.74) is 2.24. The Hall–Kier alpha value is -0.250. The van der Waals surface area contributed by atoms with E-state index >= 15 is 0 Å². The molecule has 0 heterocycles. The largest absolute Gasteiger partial charge is 0.507 e. The van der Waals surface area contributed by atoms with Crippen LogP contribution in [0.15, 0.2) is 12.1 Å². The lowest BCUT2D eigenvalue weighted by atomic mass is 10.1. The van der Waals surface area contributed by atoms with Gasteiger partial charge < -0.3 is 5.11 Å². The average Bonchev–Trinajstić information content (AvgIpc) is 1.82. The van der Waals surface area contributed by atoms with E-state index in [1.54, 1.807) is 6.07 Å². The minimum absolute atomic E-state index is 0.387. The van der Waals surface area contributed by atoms with Crippen LogP contribution in [0.1, 0.15) is 11.1 Å². The van der Waals surface area contributed by atoms with Gasteiger partial charge in [0.1, 0.15) is 5.75 Å². The lowest BCUT2D eigenvalue weighted by Gasteiger charge is -2.01. The van der Waals surface area contributed by atoms with Crippen molar-refractivity contribution >= 4 is 22.6 Å². The molecule has 0 aliphatic carbocycles. The van der Waals surface area contributed by atoms with Gasteiger partial charge in [-0.1, -0.05) is 6.07 Å². The smallest absolute Gasteiger partial charge is 0.129 e. The van der Waals surface area contributed by atoms with E-state index < -0.39 is 0 Å². The monoisotopic (exact) mass is 248 g/mol. The van der Waals surface area contributed by atoms with Gasteiger partial charge in [-0.05, 0) is 53.6 Å². The van der Waals surface area contributed by atoms with Crippen molar-refractivity contribution in [2.75, 3.05) is 0 Å². The molecule has 0 saturated heterocycles. The number of aryl methyl sites for hydroxylation is 2. The fourth-order valence-electron chi connectivity index (χ4n) is 0.928. The minimum atomic E-state index is 0.387. The molecule has 0 aliphatic heterocycles. The molecule has 1 rings (SSSR count). The highest BCUT2D eigenvalue weighted by atomic mass is 127. The highest BCUT2D eigenvalue weighted by molar-refractivity contribution is 14.1. The highest BCUT2D eigenvalue weighted by Crippen LogP contribution is 2.23. The maximum atomic E-state index is 9.27. The van der Waals surface area contributed by atoms with E-state index in [1.807, 2.05) is 13.8 Å². The molecular weight excluding hydrogens is 239 g/mol. The first-order valence-electron chi connectivity index (χ1n) is 3.07. The average molecular weight is 248 g/mol. The third-order valence-corrected chi connectivity index (χ3v) is 2.78. The Balaban J connectivity index is 3.31. The van der Waals surface area contributed by atoms with Gasteiger partial charge in [0.2, 0.25) is 0 Å². The first-order valence-corrected chi connectivity index (χ1v) is 4.15. The number of phenolic OH excluding ortho intramolecular Hbond substituents is 1. The molecule has 0 aromatic heterocycles. The second-order valence-electron chi connectivity index (χ2n) is 2.41. The molecule has 1 aromatic rings. The molecular formula is C8H9IO. The molecule has 1 aromatic carbocycles. The van der Waals surface area contributed by atoms with Crippen molar-refractivity contribution in [3.63, 3.8) is 0 Å². The number of aromatic hydroxyl groups is 1.